The molecule has 1 rings (SSSR count). The highest BCUT2D eigenvalue weighted by atomic mass is 32.2. The molecule has 0 atom stereocenters. The lowest BCUT2D eigenvalue weighted by molar-refractivity contribution is 0.0582. The first kappa shape index (κ1) is 12.3. The number of carbonyl (C=O) groups excluding carboxylic acids is 1. The Bertz CT molecular complexity index is 334. The van der Waals surface area contributed by atoms with E-state index >= 15 is 0 Å². The molecule has 0 aliphatic carbocycles. The summed E-state index contributed by atoms with van der Waals surface area (Å²) in [5.41, 5.74) is 0.755. The van der Waals surface area contributed by atoms with Gasteiger partial charge in [0, 0.05) is 10.5 Å². The van der Waals surface area contributed by atoms with Gasteiger partial charge in [-0.05, 0) is 26.2 Å². The summed E-state index contributed by atoms with van der Waals surface area (Å²) < 4.78 is 5.30. The first-order valence-corrected chi connectivity index (χ1v) is 6.15. The molecular formula is C12H16O2S. The molecule has 0 bridgehead atoms. The van der Waals surface area contributed by atoms with Crippen molar-refractivity contribution in [2.45, 2.75) is 24.8 Å². The van der Waals surface area contributed by atoms with Gasteiger partial charge in [-0.3, -0.25) is 4.79 Å². The summed E-state index contributed by atoms with van der Waals surface area (Å²) in [5.74, 6) is 0.0497. The maximum atomic E-state index is 11.8. The molecule has 0 radical (unpaired) electrons. The summed E-state index contributed by atoms with van der Waals surface area (Å²) in [7, 11) is 0. The zero-order valence-corrected chi connectivity index (χ0v) is 10.1. The predicted octanol–water partition coefficient (Wildman–Crippen LogP) is 3.02. The molecule has 1 aromatic carbocycles. The molecular weight excluding hydrogens is 208 g/mol. The van der Waals surface area contributed by atoms with Gasteiger partial charge in [-0.1, -0.05) is 18.2 Å². The van der Waals surface area contributed by atoms with Crippen LogP contribution in [-0.2, 0) is 4.74 Å². The van der Waals surface area contributed by atoms with Crippen LogP contribution in [0, 0.1) is 0 Å². The van der Waals surface area contributed by atoms with Gasteiger partial charge in [0.2, 0.25) is 0 Å². The van der Waals surface area contributed by atoms with Gasteiger partial charge in [0.05, 0.1) is 6.10 Å². The molecule has 2 nitrogen and oxygen atoms in total. The summed E-state index contributed by atoms with van der Waals surface area (Å²) in [6.07, 6.45) is 2.06. The minimum Gasteiger partial charge on any atom is -0.371 e. The van der Waals surface area contributed by atoms with E-state index in [1.807, 2.05) is 44.4 Å². The van der Waals surface area contributed by atoms with Crippen molar-refractivity contribution in [3.63, 3.8) is 0 Å². The average Bonchev–Trinajstić information content (AvgIpc) is 2.25. The van der Waals surface area contributed by atoms with Crippen LogP contribution in [0.1, 0.15) is 24.2 Å². The maximum absolute atomic E-state index is 11.8. The van der Waals surface area contributed by atoms with Crippen molar-refractivity contribution < 1.29 is 9.53 Å². The standard InChI is InChI=1S/C12H16O2S/c1-9(2)14-8-11(13)10-6-4-5-7-12(10)15-3/h4-7,9H,8H2,1-3H3. The van der Waals surface area contributed by atoms with Crippen molar-refractivity contribution in [1.82, 2.24) is 0 Å². The number of carbonyl (C=O) groups is 1. The second-order valence-corrected chi connectivity index (χ2v) is 4.33. The normalized spacial score (nSPS) is 10.7. The van der Waals surface area contributed by atoms with Gasteiger partial charge >= 0.3 is 0 Å². The highest BCUT2D eigenvalue weighted by Crippen LogP contribution is 2.20. The van der Waals surface area contributed by atoms with E-state index in [2.05, 4.69) is 0 Å². The lowest BCUT2D eigenvalue weighted by Gasteiger charge is -2.08. The molecule has 0 fully saturated rings. The predicted molar refractivity (Wildman–Crippen MR) is 63.6 cm³/mol. The van der Waals surface area contributed by atoms with E-state index < -0.39 is 0 Å². The number of Topliss-reactive ketones (excluding diaryl/α,β-unsaturated/α-hetero) is 1. The monoisotopic (exact) mass is 224 g/mol. The number of rotatable bonds is 5. The summed E-state index contributed by atoms with van der Waals surface area (Å²) in [6, 6.07) is 7.61. The number of hydrogen-bond acceptors (Lipinski definition) is 3. The molecule has 0 spiro atoms. The Kier molecular flexibility index (Phi) is 4.85. The minimum atomic E-state index is 0.0497. The Morgan fingerprint density at radius 1 is 1.40 bits per heavy atom. The summed E-state index contributed by atoms with van der Waals surface area (Å²) in [6.45, 7) is 4.01. The van der Waals surface area contributed by atoms with Crippen LogP contribution in [0.3, 0.4) is 0 Å². The van der Waals surface area contributed by atoms with E-state index in [9.17, 15) is 4.79 Å². The fraction of sp³-hybridized carbons (Fsp3) is 0.417. The van der Waals surface area contributed by atoms with Crippen LogP contribution in [0.5, 0.6) is 0 Å². The second-order valence-electron chi connectivity index (χ2n) is 3.48. The van der Waals surface area contributed by atoms with Crippen LogP contribution < -0.4 is 0 Å². The molecule has 0 saturated heterocycles. The Labute approximate surface area is 95.0 Å². The van der Waals surface area contributed by atoms with Crippen molar-refractivity contribution in [3.8, 4) is 0 Å². The molecule has 15 heavy (non-hydrogen) atoms. The van der Waals surface area contributed by atoms with Gasteiger partial charge in [-0.2, -0.15) is 0 Å². The lowest BCUT2D eigenvalue weighted by Crippen LogP contribution is -2.14. The van der Waals surface area contributed by atoms with Crippen LogP contribution in [0.15, 0.2) is 29.2 Å². The fourth-order valence-corrected chi connectivity index (χ4v) is 1.81. The van der Waals surface area contributed by atoms with Crippen molar-refractivity contribution in [2.75, 3.05) is 12.9 Å². The maximum Gasteiger partial charge on any atom is 0.189 e. The van der Waals surface area contributed by atoms with Crippen LogP contribution in [0.2, 0.25) is 0 Å². The van der Waals surface area contributed by atoms with Crippen LogP contribution >= 0.6 is 11.8 Å². The van der Waals surface area contributed by atoms with Crippen LogP contribution in [0.4, 0.5) is 0 Å². The number of benzene rings is 1. The van der Waals surface area contributed by atoms with Crippen molar-refractivity contribution in [3.05, 3.63) is 29.8 Å². The third-order valence-corrected chi connectivity index (χ3v) is 2.75. The zero-order chi connectivity index (χ0) is 11.3. The zero-order valence-electron chi connectivity index (χ0n) is 9.32. The van der Waals surface area contributed by atoms with E-state index in [4.69, 9.17) is 4.74 Å². The Balaban J connectivity index is 2.72. The highest BCUT2D eigenvalue weighted by Gasteiger charge is 2.10. The molecule has 3 heteroatoms. The number of thioether (sulfide) groups is 1. The fourth-order valence-electron chi connectivity index (χ4n) is 1.20. The SMILES string of the molecule is CSc1ccccc1C(=O)COC(C)C. The van der Waals surface area contributed by atoms with Crippen LogP contribution in [0.25, 0.3) is 0 Å². The average molecular weight is 224 g/mol. The summed E-state index contributed by atoms with van der Waals surface area (Å²) in [5, 5.41) is 0. The number of ketones is 1. The molecule has 0 aliphatic heterocycles. The molecule has 0 heterocycles. The minimum absolute atomic E-state index is 0.0497. The molecule has 0 aromatic heterocycles. The van der Waals surface area contributed by atoms with E-state index in [0.29, 0.717) is 0 Å². The second kappa shape index (κ2) is 5.93. The molecule has 0 N–H and O–H groups in total. The summed E-state index contributed by atoms with van der Waals surface area (Å²) in [4.78, 5) is 12.8. The first-order valence-electron chi connectivity index (χ1n) is 4.93. The van der Waals surface area contributed by atoms with E-state index in [-0.39, 0.29) is 18.5 Å². The van der Waals surface area contributed by atoms with E-state index in [1.165, 1.54) is 0 Å². The Hall–Kier alpha value is -0.800. The van der Waals surface area contributed by atoms with Gasteiger partial charge in [0.1, 0.15) is 6.61 Å². The molecule has 0 unspecified atom stereocenters. The third kappa shape index (κ3) is 3.68. The Morgan fingerprint density at radius 3 is 2.67 bits per heavy atom. The molecule has 82 valence electrons. The van der Waals surface area contributed by atoms with Crippen molar-refractivity contribution in [1.29, 1.82) is 0 Å². The third-order valence-electron chi connectivity index (χ3n) is 1.96. The van der Waals surface area contributed by atoms with E-state index in [0.717, 1.165) is 10.5 Å². The van der Waals surface area contributed by atoms with Crippen molar-refractivity contribution >= 4 is 17.5 Å². The molecule has 0 amide bonds. The Morgan fingerprint density at radius 2 is 2.07 bits per heavy atom. The molecule has 1 aromatic rings. The number of ether oxygens (including phenoxy) is 1. The molecule has 0 saturated carbocycles. The van der Waals surface area contributed by atoms with Crippen LogP contribution in [-0.4, -0.2) is 24.7 Å². The van der Waals surface area contributed by atoms with E-state index in [1.54, 1.807) is 11.8 Å². The lowest BCUT2D eigenvalue weighted by atomic mass is 10.1. The van der Waals surface area contributed by atoms with Crippen molar-refractivity contribution in [2.24, 2.45) is 0 Å². The van der Waals surface area contributed by atoms with Gasteiger partial charge in [-0.25, -0.2) is 0 Å². The van der Waals surface area contributed by atoms with Gasteiger partial charge in [-0.15, -0.1) is 11.8 Å². The largest absolute Gasteiger partial charge is 0.371 e. The van der Waals surface area contributed by atoms with Gasteiger partial charge in [0.15, 0.2) is 5.78 Å². The number of hydrogen-bond donors (Lipinski definition) is 0. The van der Waals surface area contributed by atoms with Gasteiger partial charge < -0.3 is 4.74 Å². The van der Waals surface area contributed by atoms with Gasteiger partial charge in [0.25, 0.3) is 0 Å². The smallest absolute Gasteiger partial charge is 0.189 e. The first-order chi connectivity index (χ1) is 7.15. The quantitative estimate of drug-likeness (QED) is 0.568. The topological polar surface area (TPSA) is 26.3 Å². The highest BCUT2D eigenvalue weighted by molar-refractivity contribution is 7.98. The summed E-state index contributed by atoms with van der Waals surface area (Å²) >= 11 is 1.58. The molecule has 0 aliphatic rings.